The Morgan fingerprint density at radius 1 is 0.882 bits per heavy atom. The number of aliphatic hydroxyl groups excluding tert-OH is 1. The molecule has 2 unspecified atom stereocenters. The Morgan fingerprint density at radius 2 is 1.53 bits per heavy atom. The molecule has 0 rings (SSSR count). The van der Waals surface area contributed by atoms with Gasteiger partial charge in [-0.3, -0.25) is 0 Å². The summed E-state index contributed by atoms with van der Waals surface area (Å²) in [5, 5.41) is 8.77. The summed E-state index contributed by atoms with van der Waals surface area (Å²) in [4.78, 5) is 0. The Labute approximate surface area is 104 Å². The molecule has 0 aliphatic carbocycles. The van der Waals surface area contributed by atoms with E-state index in [1.165, 1.54) is 0 Å². The molecule has 0 aromatic rings. The molecule has 5 heteroatoms. The van der Waals surface area contributed by atoms with Crippen LogP contribution in [0.25, 0.3) is 0 Å². The van der Waals surface area contributed by atoms with E-state index in [2.05, 4.69) is 0 Å². The lowest BCUT2D eigenvalue weighted by Crippen LogP contribution is -2.23. The maximum Gasteiger partial charge on any atom is 0.0781 e. The van der Waals surface area contributed by atoms with Gasteiger partial charge in [-0.25, -0.2) is 0 Å². The lowest BCUT2D eigenvalue weighted by molar-refractivity contribution is -0.0598. The topological polar surface area (TPSA) is 57.2 Å². The zero-order chi connectivity index (χ0) is 12.9. The number of hydrogen-bond acceptors (Lipinski definition) is 5. The molecule has 1 N–H and O–H groups in total. The van der Waals surface area contributed by atoms with Gasteiger partial charge in [0, 0.05) is 6.61 Å². The second-order valence-corrected chi connectivity index (χ2v) is 3.82. The van der Waals surface area contributed by atoms with Crippen molar-refractivity contribution in [1.29, 1.82) is 0 Å². The summed E-state index contributed by atoms with van der Waals surface area (Å²) >= 11 is 0. The highest BCUT2D eigenvalue weighted by atomic mass is 16.6. The molecule has 0 heterocycles. The van der Waals surface area contributed by atoms with Crippen LogP contribution < -0.4 is 0 Å². The van der Waals surface area contributed by atoms with Gasteiger partial charge in [0.05, 0.1) is 51.8 Å². The molecule has 0 saturated heterocycles. The van der Waals surface area contributed by atoms with Crippen molar-refractivity contribution in [2.45, 2.75) is 33.0 Å². The predicted molar refractivity (Wildman–Crippen MR) is 65.2 cm³/mol. The van der Waals surface area contributed by atoms with Crippen LogP contribution in [0.4, 0.5) is 0 Å². The van der Waals surface area contributed by atoms with Gasteiger partial charge in [-0.05, 0) is 20.8 Å². The average Bonchev–Trinajstić information content (AvgIpc) is 2.34. The molecular formula is C12H26O5. The van der Waals surface area contributed by atoms with Crippen LogP contribution in [0.2, 0.25) is 0 Å². The summed E-state index contributed by atoms with van der Waals surface area (Å²) in [5.74, 6) is 0. The van der Waals surface area contributed by atoms with Crippen LogP contribution in [0, 0.1) is 0 Å². The van der Waals surface area contributed by atoms with Crippen LogP contribution in [-0.2, 0) is 18.9 Å². The SMILES string of the molecule is CCOCCOCCOC(C)COC(C)CO. The number of ether oxygens (including phenoxy) is 4. The summed E-state index contributed by atoms with van der Waals surface area (Å²) in [6.07, 6.45) is -0.122. The van der Waals surface area contributed by atoms with Crippen LogP contribution in [0.3, 0.4) is 0 Å². The Bertz CT molecular complexity index is 154. The van der Waals surface area contributed by atoms with Gasteiger partial charge in [-0.15, -0.1) is 0 Å². The fraction of sp³-hybridized carbons (Fsp3) is 1.00. The number of hydrogen-bond donors (Lipinski definition) is 1. The molecule has 5 nitrogen and oxygen atoms in total. The molecule has 0 saturated carbocycles. The van der Waals surface area contributed by atoms with Crippen LogP contribution in [0.15, 0.2) is 0 Å². The molecule has 0 fully saturated rings. The standard InChI is InChI=1S/C12H26O5/c1-4-14-5-6-15-7-8-16-12(3)10-17-11(2)9-13/h11-13H,4-10H2,1-3H3. The maximum absolute atomic E-state index is 8.77. The van der Waals surface area contributed by atoms with Gasteiger partial charge in [-0.2, -0.15) is 0 Å². The van der Waals surface area contributed by atoms with Gasteiger partial charge in [0.1, 0.15) is 0 Å². The van der Waals surface area contributed by atoms with Crippen LogP contribution >= 0.6 is 0 Å². The van der Waals surface area contributed by atoms with Gasteiger partial charge in [0.2, 0.25) is 0 Å². The second-order valence-electron chi connectivity index (χ2n) is 3.82. The van der Waals surface area contributed by atoms with E-state index in [1.807, 2.05) is 20.8 Å². The fourth-order valence-electron chi connectivity index (χ4n) is 1.07. The van der Waals surface area contributed by atoms with Crippen molar-refractivity contribution in [3.8, 4) is 0 Å². The van der Waals surface area contributed by atoms with E-state index in [0.29, 0.717) is 33.0 Å². The number of rotatable bonds is 12. The van der Waals surface area contributed by atoms with Crippen molar-refractivity contribution in [2.75, 3.05) is 46.2 Å². The van der Waals surface area contributed by atoms with Crippen molar-refractivity contribution >= 4 is 0 Å². The zero-order valence-electron chi connectivity index (χ0n) is 11.2. The van der Waals surface area contributed by atoms with Gasteiger partial charge >= 0.3 is 0 Å². The molecule has 104 valence electrons. The van der Waals surface area contributed by atoms with Crippen molar-refractivity contribution in [3.05, 3.63) is 0 Å². The molecular weight excluding hydrogens is 224 g/mol. The van der Waals surface area contributed by atoms with E-state index in [0.717, 1.165) is 6.61 Å². The monoisotopic (exact) mass is 250 g/mol. The van der Waals surface area contributed by atoms with Crippen LogP contribution in [0.5, 0.6) is 0 Å². The van der Waals surface area contributed by atoms with Crippen LogP contribution in [0.1, 0.15) is 20.8 Å². The van der Waals surface area contributed by atoms with E-state index >= 15 is 0 Å². The first-order valence-electron chi connectivity index (χ1n) is 6.20. The van der Waals surface area contributed by atoms with E-state index in [9.17, 15) is 0 Å². The second kappa shape index (κ2) is 12.3. The normalized spacial score (nSPS) is 14.8. The third-order valence-electron chi connectivity index (χ3n) is 2.08. The minimum Gasteiger partial charge on any atom is -0.394 e. The van der Waals surface area contributed by atoms with Crippen molar-refractivity contribution in [1.82, 2.24) is 0 Å². The molecule has 17 heavy (non-hydrogen) atoms. The van der Waals surface area contributed by atoms with E-state index < -0.39 is 0 Å². The highest BCUT2D eigenvalue weighted by Gasteiger charge is 2.05. The average molecular weight is 250 g/mol. The van der Waals surface area contributed by atoms with Gasteiger partial charge in [-0.1, -0.05) is 0 Å². The molecule has 0 aromatic carbocycles. The maximum atomic E-state index is 8.77. The smallest absolute Gasteiger partial charge is 0.0781 e. The zero-order valence-corrected chi connectivity index (χ0v) is 11.2. The Morgan fingerprint density at radius 3 is 2.18 bits per heavy atom. The van der Waals surface area contributed by atoms with Gasteiger partial charge < -0.3 is 24.1 Å². The Hall–Kier alpha value is -0.200. The third kappa shape index (κ3) is 12.1. The minimum atomic E-state index is -0.136. The highest BCUT2D eigenvalue weighted by Crippen LogP contribution is 1.96. The lowest BCUT2D eigenvalue weighted by atomic mass is 10.4. The molecule has 0 radical (unpaired) electrons. The van der Waals surface area contributed by atoms with Crippen molar-refractivity contribution in [2.24, 2.45) is 0 Å². The van der Waals surface area contributed by atoms with E-state index in [1.54, 1.807) is 0 Å². The first-order valence-corrected chi connectivity index (χ1v) is 6.20. The van der Waals surface area contributed by atoms with Gasteiger partial charge in [0.25, 0.3) is 0 Å². The minimum absolute atomic E-state index is 0.0134. The summed E-state index contributed by atoms with van der Waals surface area (Å²) in [5.41, 5.74) is 0. The Balaban J connectivity index is 3.19. The third-order valence-corrected chi connectivity index (χ3v) is 2.08. The molecule has 2 atom stereocenters. The first kappa shape index (κ1) is 16.8. The Kier molecular flexibility index (Phi) is 12.1. The molecule has 0 aliphatic heterocycles. The summed E-state index contributed by atoms with van der Waals surface area (Å²) < 4.78 is 21.2. The van der Waals surface area contributed by atoms with E-state index in [4.69, 9.17) is 24.1 Å². The van der Waals surface area contributed by atoms with Crippen molar-refractivity contribution in [3.63, 3.8) is 0 Å². The highest BCUT2D eigenvalue weighted by molar-refractivity contribution is 4.51. The summed E-state index contributed by atoms with van der Waals surface area (Å²) in [7, 11) is 0. The molecule has 0 aliphatic rings. The molecule has 0 aromatic heterocycles. The fourth-order valence-corrected chi connectivity index (χ4v) is 1.07. The van der Waals surface area contributed by atoms with Crippen LogP contribution in [-0.4, -0.2) is 63.6 Å². The van der Waals surface area contributed by atoms with E-state index in [-0.39, 0.29) is 18.8 Å². The summed E-state index contributed by atoms with van der Waals surface area (Å²) in [6, 6.07) is 0. The molecule has 0 bridgehead atoms. The first-order chi connectivity index (χ1) is 8.20. The lowest BCUT2D eigenvalue weighted by Gasteiger charge is -2.16. The van der Waals surface area contributed by atoms with Crippen molar-refractivity contribution < 1.29 is 24.1 Å². The quantitative estimate of drug-likeness (QED) is 0.520. The number of aliphatic hydroxyl groups is 1. The summed E-state index contributed by atoms with van der Waals surface area (Å²) in [6.45, 7) is 9.29. The largest absolute Gasteiger partial charge is 0.394 e. The molecule has 0 amide bonds. The molecule has 0 spiro atoms. The predicted octanol–water partition coefficient (Wildman–Crippen LogP) is 0.842. The van der Waals surface area contributed by atoms with Gasteiger partial charge in [0.15, 0.2) is 0 Å².